The summed E-state index contributed by atoms with van der Waals surface area (Å²) in [5.41, 5.74) is 1.06. The molecule has 0 aromatic heterocycles. The maximum Gasteiger partial charge on any atom is 0.155 e. The van der Waals surface area contributed by atoms with E-state index < -0.39 is 0 Å². The molecule has 0 bridgehead atoms. The number of rotatable bonds is 4. The molecule has 0 N–H and O–H groups in total. The van der Waals surface area contributed by atoms with Crippen LogP contribution < -0.4 is 9.64 Å². The molecule has 4 heteroatoms. The molecule has 1 aromatic carbocycles. The molecule has 0 unspecified atom stereocenters. The first-order chi connectivity index (χ1) is 8.65. The van der Waals surface area contributed by atoms with Gasteiger partial charge >= 0.3 is 0 Å². The molecule has 0 amide bonds. The van der Waals surface area contributed by atoms with Gasteiger partial charge < -0.3 is 9.64 Å². The molecule has 94 valence electrons. The lowest BCUT2D eigenvalue weighted by molar-refractivity contribution is -0.112. The van der Waals surface area contributed by atoms with E-state index in [4.69, 9.17) is 4.74 Å². The number of anilines is 1. The van der Waals surface area contributed by atoms with E-state index in [0.717, 1.165) is 21.4 Å². The number of nitrogens with zero attached hydrogens (tertiary/aromatic N) is 1. The van der Waals surface area contributed by atoms with Crippen LogP contribution >= 0.6 is 11.8 Å². The number of ether oxygens (including phenoxy) is 1. The fraction of sp³-hybridized carbons (Fsp3) is 0.214. The molecular weight excluding hydrogens is 246 g/mol. The summed E-state index contributed by atoms with van der Waals surface area (Å²) < 4.78 is 5.23. The molecule has 2 rings (SSSR count). The summed E-state index contributed by atoms with van der Waals surface area (Å²) in [7, 11) is 1.65. The molecule has 1 heterocycles. The molecule has 0 fully saturated rings. The van der Waals surface area contributed by atoms with Crippen LogP contribution in [0.2, 0.25) is 0 Å². The minimum atomic E-state index is 0.0475. The summed E-state index contributed by atoms with van der Waals surface area (Å²) in [5, 5.41) is 0.936. The minimum absolute atomic E-state index is 0.0475. The van der Waals surface area contributed by atoms with Crippen molar-refractivity contribution >= 4 is 23.2 Å². The van der Waals surface area contributed by atoms with Gasteiger partial charge in [-0.2, -0.15) is 0 Å². The maximum atomic E-state index is 11.3. The number of ketones is 1. The molecule has 0 radical (unpaired) electrons. The Labute approximate surface area is 111 Å². The first-order valence-electron chi connectivity index (χ1n) is 5.62. The Bertz CT molecular complexity index is 523. The zero-order chi connectivity index (χ0) is 13.1. The van der Waals surface area contributed by atoms with Crippen molar-refractivity contribution in [2.24, 2.45) is 0 Å². The quantitative estimate of drug-likeness (QED) is 0.615. The molecule has 0 spiro atoms. The largest absolute Gasteiger partial charge is 0.497 e. The van der Waals surface area contributed by atoms with Crippen LogP contribution in [0.1, 0.15) is 6.92 Å². The summed E-state index contributed by atoms with van der Waals surface area (Å²) in [6.07, 6.45) is 3.48. The average Bonchev–Trinajstić information content (AvgIpc) is 2.66. The van der Waals surface area contributed by atoms with Crippen molar-refractivity contribution in [1.82, 2.24) is 0 Å². The minimum Gasteiger partial charge on any atom is -0.497 e. The Kier molecular flexibility index (Phi) is 3.77. The highest BCUT2D eigenvalue weighted by molar-refractivity contribution is 8.03. The lowest BCUT2D eigenvalue weighted by Crippen LogP contribution is -2.17. The molecule has 0 atom stereocenters. The second-order valence-electron chi connectivity index (χ2n) is 3.93. The summed E-state index contributed by atoms with van der Waals surface area (Å²) >= 11 is 1.59. The third kappa shape index (κ3) is 2.43. The maximum absolute atomic E-state index is 11.3. The Morgan fingerprint density at radius 3 is 2.94 bits per heavy atom. The molecule has 0 saturated heterocycles. The van der Waals surface area contributed by atoms with E-state index in [0.29, 0.717) is 6.54 Å². The predicted molar refractivity (Wildman–Crippen MR) is 75.2 cm³/mol. The fourth-order valence-corrected chi connectivity index (χ4v) is 2.95. The fourth-order valence-electron chi connectivity index (χ4n) is 1.81. The summed E-state index contributed by atoms with van der Waals surface area (Å²) in [4.78, 5) is 14.5. The van der Waals surface area contributed by atoms with Gasteiger partial charge in [-0.15, -0.1) is 6.58 Å². The van der Waals surface area contributed by atoms with Crippen molar-refractivity contribution < 1.29 is 9.53 Å². The van der Waals surface area contributed by atoms with Crippen LogP contribution in [0.25, 0.3) is 0 Å². The highest BCUT2D eigenvalue weighted by Gasteiger charge is 2.25. The topological polar surface area (TPSA) is 29.5 Å². The van der Waals surface area contributed by atoms with Gasteiger partial charge in [0.2, 0.25) is 0 Å². The van der Waals surface area contributed by atoms with Crippen molar-refractivity contribution in [3.05, 3.63) is 42.0 Å². The van der Waals surface area contributed by atoms with Crippen LogP contribution in [0.5, 0.6) is 5.75 Å². The molecule has 0 aliphatic carbocycles. The standard InChI is InChI=1S/C14H15NO2S/c1-4-7-15-12-9-11(17-3)5-6-13(12)18-14(15)8-10(2)16/h4-6,8-9H,1,7H2,2-3H3/b14-8-. The number of thioether (sulfide) groups is 1. The van der Waals surface area contributed by atoms with Gasteiger partial charge in [0.1, 0.15) is 5.75 Å². The van der Waals surface area contributed by atoms with Gasteiger partial charge in [-0.05, 0) is 19.1 Å². The van der Waals surface area contributed by atoms with Gasteiger partial charge in [-0.1, -0.05) is 17.8 Å². The SMILES string of the molecule is C=CCN1/C(=C/C(C)=O)Sc2ccc(OC)cc21. The van der Waals surface area contributed by atoms with Gasteiger partial charge in [0.15, 0.2) is 5.78 Å². The van der Waals surface area contributed by atoms with Crippen LogP contribution in [-0.4, -0.2) is 19.4 Å². The number of hydrogen-bond acceptors (Lipinski definition) is 4. The molecule has 1 aliphatic rings. The van der Waals surface area contributed by atoms with E-state index in [-0.39, 0.29) is 5.78 Å². The molecule has 1 aromatic rings. The van der Waals surface area contributed by atoms with Crippen molar-refractivity contribution in [1.29, 1.82) is 0 Å². The molecule has 3 nitrogen and oxygen atoms in total. The van der Waals surface area contributed by atoms with Crippen molar-refractivity contribution in [3.63, 3.8) is 0 Å². The summed E-state index contributed by atoms with van der Waals surface area (Å²) in [5.74, 6) is 0.860. The molecule has 18 heavy (non-hydrogen) atoms. The average molecular weight is 261 g/mol. The summed E-state index contributed by atoms with van der Waals surface area (Å²) in [6, 6.07) is 5.91. The lowest BCUT2D eigenvalue weighted by Gasteiger charge is -2.18. The Morgan fingerprint density at radius 1 is 1.56 bits per heavy atom. The second-order valence-corrected chi connectivity index (χ2v) is 4.99. The van der Waals surface area contributed by atoms with E-state index in [1.54, 1.807) is 31.9 Å². The van der Waals surface area contributed by atoms with E-state index in [1.807, 2.05) is 24.3 Å². The van der Waals surface area contributed by atoms with Crippen molar-refractivity contribution in [2.75, 3.05) is 18.6 Å². The van der Waals surface area contributed by atoms with Crippen LogP contribution in [0, 0.1) is 0 Å². The lowest BCUT2D eigenvalue weighted by atomic mass is 10.2. The van der Waals surface area contributed by atoms with Crippen LogP contribution in [0.15, 0.2) is 46.9 Å². The van der Waals surface area contributed by atoms with E-state index >= 15 is 0 Å². The normalized spacial score (nSPS) is 15.7. The van der Waals surface area contributed by atoms with E-state index in [2.05, 4.69) is 11.5 Å². The highest BCUT2D eigenvalue weighted by atomic mass is 32.2. The Morgan fingerprint density at radius 2 is 2.33 bits per heavy atom. The number of carbonyl (C=O) groups is 1. The Hall–Kier alpha value is -1.68. The molecular formula is C14H15NO2S. The van der Waals surface area contributed by atoms with Crippen LogP contribution in [-0.2, 0) is 4.79 Å². The zero-order valence-corrected chi connectivity index (χ0v) is 11.3. The van der Waals surface area contributed by atoms with Gasteiger partial charge in [0.05, 0.1) is 17.8 Å². The van der Waals surface area contributed by atoms with Crippen LogP contribution in [0.3, 0.4) is 0 Å². The van der Waals surface area contributed by atoms with Gasteiger partial charge in [0.25, 0.3) is 0 Å². The molecule has 1 aliphatic heterocycles. The highest BCUT2D eigenvalue weighted by Crippen LogP contribution is 2.47. The monoisotopic (exact) mass is 261 g/mol. The second kappa shape index (κ2) is 5.31. The predicted octanol–water partition coefficient (Wildman–Crippen LogP) is 3.22. The Balaban J connectivity index is 2.43. The van der Waals surface area contributed by atoms with Gasteiger partial charge in [-0.3, -0.25) is 4.79 Å². The summed E-state index contributed by atoms with van der Waals surface area (Å²) in [6.45, 7) is 5.99. The van der Waals surface area contributed by atoms with Gasteiger partial charge in [0, 0.05) is 23.6 Å². The third-order valence-electron chi connectivity index (χ3n) is 2.58. The number of methoxy groups -OCH3 is 1. The third-order valence-corrected chi connectivity index (χ3v) is 3.69. The first-order valence-corrected chi connectivity index (χ1v) is 6.44. The van der Waals surface area contributed by atoms with Crippen LogP contribution in [0.4, 0.5) is 5.69 Å². The number of carbonyl (C=O) groups excluding carboxylic acids is 1. The molecule has 0 saturated carbocycles. The smallest absolute Gasteiger partial charge is 0.155 e. The first kappa shape index (κ1) is 12.8. The number of benzene rings is 1. The zero-order valence-electron chi connectivity index (χ0n) is 10.5. The number of allylic oxidation sites excluding steroid dienone is 1. The number of hydrogen-bond donors (Lipinski definition) is 0. The van der Waals surface area contributed by atoms with E-state index in [1.165, 1.54) is 0 Å². The van der Waals surface area contributed by atoms with Crippen molar-refractivity contribution in [3.8, 4) is 5.75 Å². The van der Waals surface area contributed by atoms with E-state index in [9.17, 15) is 4.79 Å². The van der Waals surface area contributed by atoms with Crippen molar-refractivity contribution in [2.45, 2.75) is 11.8 Å². The number of fused-ring (bicyclic) bond motifs is 1. The van der Waals surface area contributed by atoms with Gasteiger partial charge in [-0.25, -0.2) is 0 Å².